The highest BCUT2D eigenvalue weighted by atomic mass is 16.5. The van der Waals surface area contributed by atoms with Crippen LogP contribution in [0.15, 0.2) is 36.5 Å². The fraction of sp³-hybridized carbons (Fsp3) is 0.231. The molecule has 0 unspecified atom stereocenters. The molecule has 0 bridgehead atoms. The highest BCUT2D eigenvalue weighted by molar-refractivity contribution is 5.56. The van der Waals surface area contributed by atoms with Crippen LogP contribution in [0.4, 0.5) is 11.5 Å². The van der Waals surface area contributed by atoms with Gasteiger partial charge >= 0.3 is 0 Å². The van der Waals surface area contributed by atoms with Gasteiger partial charge in [0.25, 0.3) is 0 Å². The highest BCUT2D eigenvalue weighted by Crippen LogP contribution is 2.18. The van der Waals surface area contributed by atoms with Gasteiger partial charge in [-0.25, -0.2) is 9.97 Å². The summed E-state index contributed by atoms with van der Waals surface area (Å²) in [4.78, 5) is 8.55. The standard InChI is InChI=1S/C13H16N4O/c1-14-9-13-15-8-7-12(17-13)16-10-3-5-11(18-2)6-4-10/h3-8,14H,9H2,1-2H3,(H,15,16,17). The third kappa shape index (κ3) is 3.18. The minimum absolute atomic E-state index is 0.651. The molecule has 94 valence electrons. The average Bonchev–Trinajstić information content (AvgIpc) is 2.40. The van der Waals surface area contributed by atoms with Crippen LogP contribution in [-0.4, -0.2) is 24.1 Å². The zero-order chi connectivity index (χ0) is 12.8. The number of benzene rings is 1. The molecular formula is C13H16N4O. The van der Waals surface area contributed by atoms with Crippen LogP contribution in [0.25, 0.3) is 0 Å². The minimum atomic E-state index is 0.651. The second-order valence-corrected chi connectivity index (χ2v) is 3.74. The first-order valence-corrected chi connectivity index (χ1v) is 5.69. The lowest BCUT2D eigenvalue weighted by Gasteiger charge is -2.07. The molecule has 0 aliphatic rings. The summed E-state index contributed by atoms with van der Waals surface area (Å²) in [5, 5.41) is 6.24. The number of ether oxygens (including phenoxy) is 1. The van der Waals surface area contributed by atoms with Crippen molar-refractivity contribution in [2.45, 2.75) is 6.54 Å². The Balaban J connectivity index is 2.09. The Labute approximate surface area is 106 Å². The van der Waals surface area contributed by atoms with Crippen LogP contribution >= 0.6 is 0 Å². The van der Waals surface area contributed by atoms with Gasteiger partial charge < -0.3 is 15.4 Å². The molecule has 1 aromatic carbocycles. The van der Waals surface area contributed by atoms with E-state index in [0.717, 1.165) is 23.1 Å². The predicted molar refractivity (Wildman–Crippen MR) is 71.1 cm³/mol. The van der Waals surface area contributed by atoms with Crippen LogP contribution in [0.1, 0.15) is 5.82 Å². The third-order valence-electron chi connectivity index (χ3n) is 2.40. The Morgan fingerprint density at radius 1 is 1.17 bits per heavy atom. The van der Waals surface area contributed by atoms with E-state index in [1.807, 2.05) is 37.4 Å². The molecule has 18 heavy (non-hydrogen) atoms. The molecule has 1 aromatic heterocycles. The van der Waals surface area contributed by atoms with Crippen LogP contribution in [0.5, 0.6) is 5.75 Å². The van der Waals surface area contributed by atoms with Crippen LogP contribution in [0, 0.1) is 0 Å². The molecular weight excluding hydrogens is 228 g/mol. The fourth-order valence-electron chi connectivity index (χ4n) is 1.53. The second-order valence-electron chi connectivity index (χ2n) is 3.74. The van der Waals surface area contributed by atoms with Gasteiger partial charge in [-0.3, -0.25) is 0 Å². The van der Waals surface area contributed by atoms with Crippen LogP contribution in [-0.2, 0) is 6.54 Å². The molecule has 0 radical (unpaired) electrons. The number of anilines is 2. The summed E-state index contributed by atoms with van der Waals surface area (Å²) in [7, 11) is 3.52. The summed E-state index contributed by atoms with van der Waals surface area (Å²) in [5.74, 6) is 2.37. The van der Waals surface area contributed by atoms with Crippen molar-refractivity contribution in [2.75, 3.05) is 19.5 Å². The number of hydrogen-bond acceptors (Lipinski definition) is 5. The van der Waals surface area contributed by atoms with E-state index >= 15 is 0 Å². The maximum absolute atomic E-state index is 5.11. The first-order chi connectivity index (χ1) is 8.81. The Morgan fingerprint density at radius 3 is 2.61 bits per heavy atom. The van der Waals surface area contributed by atoms with Gasteiger partial charge in [-0.15, -0.1) is 0 Å². The maximum atomic E-state index is 5.11. The van der Waals surface area contributed by atoms with Crippen molar-refractivity contribution in [3.8, 4) is 5.75 Å². The van der Waals surface area contributed by atoms with Crippen LogP contribution in [0.2, 0.25) is 0 Å². The summed E-state index contributed by atoms with van der Waals surface area (Å²) in [6, 6.07) is 9.52. The molecule has 0 aliphatic heterocycles. The van der Waals surface area contributed by atoms with E-state index in [0.29, 0.717) is 6.54 Å². The van der Waals surface area contributed by atoms with Crippen molar-refractivity contribution in [3.63, 3.8) is 0 Å². The number of nitrogens with one attached hydrogen (secondary N) is 2. The van der Waals surface area contributed by atoms with E-state index in [-0.39, 0.29) is 0 Å². The number of methoxy groups -OCH3 is 1. The van der Waals surface area contributed by atoms with Crippen molar-refractivity contribution in [3.05, 3.63) is 42.4 Å². The van der Waals surface area contributed by atoms with Gasteiger partial charge in [0.05, 0.1) is 13.7 Å². The number of nitrogens with zero attached hydrogens (tertiary/aromatic N) is 2. The Kier molecular flexibility index (Phi) is 4.09. The molecule has 0 atom stereocenters. The topological polar surface area (TPSA) is 59.1 Å². The van der Waals surface area contributed by atoms with Crippen molar-refractivity contribution < 1.29 is 4.74 Å². The van der Waals surface area contributed by atoms with E-state index < -0.39 is 0 Å². The summed E-state index contributed by atoms with van der Waals surface area (Å²) in [6.07, 6.45) is 1.74. The summed E-state index contributed by atoms with van der Waals surface area (Å²) >= 11 is 0. The highest BCUT2D eigenvalue weighted by Gasteiger charge is 1.99. The number of aromatic nitrogens is 2. The summed E-state index contributed by atoms with van der Waals surface area (Å²) < 4.78 is 5.11. The maximum Gasteiger partial charge on any atom is 0.144 e. The van der Waals surface area contributed by atoms with E-state index in [9.17, 15) is 0 Å². The van der Waals surface area contributed by atoms with Crippen LogP contribution < -0.4 is 15.4 Å². The largest absolute Gasteiger partial charge is 0.497 e. The van der Waals surface area contributed by atoms with Gasteiger partial charge in [-0.1, -0.05) is 0 Å². The normalized spacial score (nSPS) is 10.1. The third-order valence-corrected chi connectivity index (χ3v) is 2.40. The lowest BCUT2D eigenvalue weighted by atomic mass is 10.3. The van der Waals surface area contributed by atoms with Crippen molar-refractivity contribution in [1.82, 2.24) is 15.3 Å². The molecule has 0 spiro atoms. The molecule has 0 saturated heterocycles. The zero-order valence-corrected chi connectivity index (χ0v) is 10.5. The molecule has 2 rings (SSSR count). The monoisotopic (exact) mass is 244 g/mol. The van der Waals surface area contributed by atoms with Crippen LogP contribution in [0.3, 0.4) is 0 Å². The SMILES string of the molecule is CNCc1nccc(Nc2ccc(OC)cc2)n1. The van der Waals surface area contributed by atoms with E-state index in [1.54, 1.807) is 13.3 Å². The van der Waals surface area contributed by atoms with E-state index in [1.165, 1.54) is 0 Å². The molecule has 0 fully saturated rings. The quantitative estimate of drug-likeness (QED) is 0.841. The molecule has 2 aromatic rings. The molecule has 0 saturated carbocycles. The molecule has 1 heterocycles. The fourth-order valence-corrected chi connectivity index (χ4v) is 1.53. The lowest BCUT2D eigenvalue weighted by molar-refractivity contribution is 0.415. The Bertz CT molecular complexity index is 499. The number of hydrogen-bond donors (Lipinski definition) is 2. The molecule has 5 heteroatoms. The molecule has 5 nitrogen and oxygen atoms in total. The van der Waals surface area contributed by atoms with Crippen molar-refractivity contribution in [2.24, 2.45) is 0 Å². The van der Waals surface area contributed by atoms with E-state index in [4.69, 9.17) is 4.74 Å². The van der Waals surface area contributed by atoms with Crippen molar-refractivity contribution in [1.29, 1.82) is 0 Å². The first kappa shape index (κ1) is 12.3. The average molecular weight is 244 g/mol. The van der Waals surface area contributed by atoms with Gasteiger partial charge in [0.15, 0.2) is 0 Å². The smallest absolute Gasteiger partial charge is 0.144 e. The van der Waals surface area contributed by atoms with Gasteiger partial charge in [0, 0.05) is 11.9 Å². The van der Waals surface area contributed by atoms with Crippen molar-refractivity contribution >= 4 is 11.5 Å². The van der Waals surface area contributed by atoms with Gasteiger partial charge in [0.1, 0.15) is 17.4 Å². The first-order valence-electron chi connectivity index (χ1n) is 5.69. The molecule has 0 aliphatic carbocycles. The second kappa shape index (κ2) is 5.97. The number of rotatable bonds is 5. The summed E-state index contributed by atoms with van der Waals surface area (Å²) in [6.45, 7) is 0.651. The van der Waals surface area contributed by atoms with E-state index in [2.05, 4.69) is 20.6 Å². The predicted octanol–water partition coefficient (Wildman–Crippen LogP) is 1.95. The molecule has 0 amide bonds. The van der Waals surface area contributed by atoms with Gasteiger partial charge in [-0.2, -0.15) is 0 Å². The zero-order valence-electron chi connectivity index (χ0n) is 10.5. The van der Waals surface area contributed by atoms with Gasteiger partial charge in [0.2, 0.25) is 0 Å². The Hall–Kier alpha value is -2.14. The van der Waals surface area contributed by atoms with Gasteiger partial charge in [-0.05, 0) is 37.4 Å². The minimum Gasteiger partial charge on any atom is -0.497 e. The molecule has 2 N–H and O–H groups in total. The lowest BCUT2D eigenvalue weighted by Crippen LogP contribution is -2.09. The summed E-state index contributed by atoms with van der Waals surface area (Å²) in [5.41, 5.74) is 0.963. The Morgan fingerprint density at radius 2 is 1.94 bits per heavy atom.